The lowest BCUT2D eigenvalue weighted by Gasteiger charge is -2.14. The second kappa shape index (κ2) is 12.4. The van der Waals surface area contributed by atoms with Gasteiger partial charge in [-0.15, -0.1) is 0 Å². The zero-order valence-electron chi connectivity index (χ0n) is 19.2. The van der Waals surface area contributed by atoms with E-state index in [0.29, 0.717) is 47.2 Å². The molecule has 0 radical (unpaired) electrons. The minimum Gasteiger partial charge on any atom is -0.493 e. The fourth-order valence-corrected chi connectivity index (χ4v) is 4.66. The highest BCUT2D eigenvalue weighted by Crippen LogP contribution is 2.37. The highest BCUT2D eigenvalue weighted by molar-refractivity contribution is 8.27. The van der Waals surface area contributed by atoms with Crippen molar-refractivity contribution < 1.29 is 23.7 Å². The van der Waals surface area contributed by atoms with Crippen LogP contribution in [0.1, 0.15) is 5.56 Å². The number of carbonyl (C=O) groups is 1. The van der Waals surface area contributed by atoms with Crippen LogP contribution >= 0.6 is 24.0 Å². The van der Waals surface area contributed by atoms with Crippen LogP contribution in [0.5, 0.6) is 17.2 Å². The van der Waals surface area contributed by atoms with Gasteiger partial charge in [0.05, 0.1) is 30.9 Å². The molecule has 3 aromatic rings. The highest BCUT2D eigenvalue weighted by Gasteiger charge is 2.33. The monoisotopic (exact) mass is 507 g/mol. The fraction of sp³-hybridized carbons (Fsp3) is 0.185. The highest BCUT2D eigenvalue weighted by atomic mass is 32.2. The first-order valence-corrected chi connectivity index (χ1v) is 12.3. The molecule has 8 heteroatoms. The molecule has 0 bridgehead atoms. The molecule has 1 saturated heterocycles. The van der Waals surface area contributed by atoms with Gasteiger partial charge >= 0.3 is 0 Å². The third-order valence-electron chi connectivity index (χ3n) is 5.02. The molecule has 0 spiro atoms. The standard InChI is InChI=1S/C27H25NO5S2/c1-30-24-18-20(19-25-26(29)28(27(34)35-25)21-8-4-2-5-9-21)12-13-23(24)33-17-15-31-14-16-32-22-10-6-3-7-11-22/h2-13,18-19H,14-17H2,1H3. The molecule has 35 heavy (non-hydrogen) atoms. The average molecular weight is 508 g/mol. The van der Waals surface area contributed by atoms with Gasteiger partial charge in [-0.25, -0.2) is 0 Å². The summed E-state index contributed by atoms with van der Waals surface area (Å²) < 4.78 is 23.0. The number of nitrogens with zero attached hydrogens (tertiary/aromatic N) is 1. The number of benzene rings is 3. The Bertz CT molecular complexity index is 1180. The fourth-order valence-electron chi connectivity index (χ4n) is 3.36. The Morgan fingerprint density at radius 3 is 2.26 bits per heavy atom. The summed E-state index contributed by atoms with van der Waals surface area (Å²) in [6.07, 6.45) is 1.81. The van der Waals surface area contributed by atoms with Crippen LogP contribution in [0.15, 0.2) is 83.8 Å². The van der Waals surface area contributed by atoms with Crippen LogP contribution in [0.3, 0.4) is 0 Å². The first-order chi connectivity index (χ1) is 17.2. The van der Waals surface area contributed by atoms with Crippen molar-refractivity contribution in [1.82, 2.24) is 0 Å². The Morgan fingerprint density at radius 2 is 1.54 bits per heavy atom. The van der Waals surface area contributed by atoms with E-state index in [4.69, 9.17) is 31.2 Å². The summed E-state index contributed by atoms with van der Waals surface area (Å²) in [6, 6.07) is 24.5. The Balaban J connectivity index is 1.29. The summed E-state index contributed by atoms with van der Waals surface area (Å²) in [6.45, 7) is 1.73. The Labute approximate surface area is 214 Å². The smallest absolute Gasteiger partial charge is 0.270 e. The summed E-state index contributed by atoms with van der Waals surface area (Å²) in [7, 11) is 1.58. The topological polar surface area (TPSA) is 57.2 Å². The van der Waals surface area contributed by atoms with Gasteiger partial charge in [0, 0.05) is 0 Å². The van der Waals surface area contributed by atoms with Crippen LogP contribution in [0.25, 0.3) is 6.08 Å². The van der Waals surface area contributed by atoms with E-state index < -0.39 is 0 Å². The van der Waals surface area contributed by atoms with Crippen molar-refractivity contribution in [1.29, 1.82) is 0 Å². The molecule has 0 saturated carbocycles. The molecule has 6 nitrogen and oxygen atoms in total. The molecule has 1 heterocycles. The summed E-state index contributed by atoms with van der Waals surface area (Å²) in [4.78, 5) is 15.0. The van der Waals surface area contributed by atoms with Gasteiger partial charge in [-0.3, -0.25) is 9.69 Å². The van der Waals surface area contributed by atoms with Crippen LogP contribution in [0.4, 0.5) is 5.69 Å². The second-order valence-electron chi connectivity index (χ2n) is 7.39. The number of hydrogen-bond donors (Lipinski definition) is 0. The van der Waals surface area contributed by atoms with Gasteiger partial charge in [0.25, 0.3) is 5.91 Å². The Hall–Kier alpha value is -3.33. The number of carbonyl (C=O) groups excluding carboxylic acids is 1. The van der Waals surface area contributed by atoms with Crippen molar-refractivity contribution >= 4 is 46.0 Å². The molecule has 0 aromatic heterocycles. The van der Waals surface area contributed by atoms with E-state index in [-0.39, 0.29) is 5.91 Å². The van der Waals surface area contributed by atoms with Gasteiger partial charge in [0.2, 0.25) is 0 Å². The van der Waals surface area contributed by atoms with Crippen molar-refractivity contribution in [2.75, 3.05) is 38.4 Å². The summed E-state index contributed by atoms with van der Waals surface area (Å²) >= 11 is 6.72. The van der Waals surface area contributed by atoms with Crippen molar-refractivity contribution in [2.45, 2.75) is 0 Å². The van der Waals surface area contributed by atoms with E-state index in [1.807, 2.05) is 84.9 Å². The lowest BCUT2D eigenvalue weighted by Crippen LogP contribution is -2.27. The summed E-state index contributed by atoms with van der Waals surface area (Å²) in [5.41, 5.74) is 1.57. The molecule has 0 unspecified atom stereocenters. The lowest BCUT2D eigenvalue weighted by atomic mass is 10.2. The van der Waals surface area contributed by atoms with Gasteiger partial charge in [-0.1, -0.05) is 66.4 Å². The van der Waals surface area contributed by atoms with E-state index in [1.54, 1.807) is 12.0 Å². The average Bonchev–Trinajstić information content (AvgIpc) is 3.17. The number of methoxy groups -OCH3 is 1. The molecule has 0 N–H and O–H groups in total. The van der Waals surface area contributed by atoms with Crippen LogP contribution in [0.2, 0.25) is 0 Å². The maximum absolute atomic E-state index is 12.9. The number of rotatable bonds is 11. The van der Waals surface area contributed by atoms with Gasteiger partial charge in [0.1, 0.15) is 19.0 Å². The number of ether oxygens (including phenoxy) is 4. The SMILES string of the molecule is COc1cc(C=C2SC(=S)N(c3ccccc3)C2=O)ccc1OCCOCCOc1ccccc1. The third-order valence-corrected chi connectivity index (χ3v) is 6.32. The molecule has 0 aliphatic carbocycles. The molecular weight excluding hydrogens is 482 g/mol. The van der Waals surface area contributed by atoms with Gasteiger partial charge in [-0.2, -0.15) is 0 Å². The summed E-state index contributed by atoms with van der Waals surface area (Å²) in [5.74, 6) is 1.86. The lowest BCUT2D eigenvalue weighted by molar-refractivity contribution is -0.113. The van der Waals surface area contributed by atoms with Gasteiger partial charge in [-0.05, 0) is 48.0 Å². The Kier molecular flexibility index (Phi) is 8.78. The molecule has 0 atom stereocenters. The molecule has 4 rings (SSSR count). The van der Waals surface area contributed by atoms with E-state index in [0.717, 1.165) is 17.0 Å². The number of anilines is 1. The van der Waals surface area contributed by atoms with Crippen molar-refractivity contribution in [2.24, 2.45) is 0 Å². The number of hydrogen-bond acceptors (Lipinski definition) is 7. The molecule has 1 fully saturated rings. The van der Waals surface area contributed by atoms with Gasteiger partial charge < -0.3 is 18.9 Å². The minimum atomic E-state index is -0.140. The molecule has 180 valence electrons. The quantitative estimate of drug-likeness (QED) is 0.191. The third kappa shape index (κ3) is 6.63. The normalized spacial score (nSPS) is 14.4. The minimum absolute atomic E-state index is 0.140. The van der Waals surface area contributed by atoms with Gasteiger partial charge in [0.15, 0.2) is 15.8 Å². The maximum atomic E-state index is 12.9. The number of thioether (sulfide) groups is 1. The maximum Gasteiger partial charge on any atom is 0.270 e. The summed E-state index contributed by atoms with van der Waals surface area (Å²) in [5, 5.41) is 0. The molecule has 3 aromatic carbocycles. The molecule has 1 aliphatic rings. The Morgan fingerprint density at radius 1 is 0.857 bits per heavy atom. The first kappa shape index (κ1) is 24.8. The zero-order chi connectivity index (χ0) is 24.5. The zero-order valence-corrected chi connectivity index (χ0v) is 20.8. The van der Waals surface area contributed by atoms with Crippen LogP contribution in [-0.4, -0.2) is 43.8 Å². The van der Waals surface area contributed by atoms with E-state index in [1.165, 1.54) is 11.8 Å². The van der Waals surface area contributed by atoms with Crippen molar-refractivity contribution in [3.05, 3.63) is 89.3 Å². The first-order valence-electron chi connectivity index (χ1n) is 11.0. The molecular formula is C27H25NO5S2. The largest absolute Gasteiger partial charge is 0.493 e. The van der Waals surface area contributed by atoms with Crippen LogP contribution < -0.4 is 19.1 Å². The van der Waals surface area contributed by atoms with Crippen LogP contribution in [-0.2, 0) is 9.53 Å². The molecule has 1 aliphatic heterocycles. The van der Waals surface area contributed by atoms with E-state index in [2.05, 4.69) is 0 Å². The van der Waals surface area contributed by atoms with E-state index in [9.17, 15) is 4.79 Å². The van der Waals surface area contributed by atoms with Crippen molar-refractivity contribution in [3.63, 3.8) is 0 Å². The van der Waals surface area contributed by atoms with Crippen molar-refractivity contribution in [3.8, 4) is 17.2 Å². The van der Waals surface area contributed by atoms with E-state index >= 15 is 0 Å². The number of para-hydroxylation sites is 2. The van der Waals surface area contributed by atoms with Crippen LogP contribution in [0, 0.1) is 0 Å². The number of amides is 1. The predicted octanol–water partition coefficient (Wildman–Crippen LogP) is 5.58. The number of thiocarbonyl (C=S) groups is 1. The second-order valence-corrected chi connectivity index (χ2v) is 9.06. The molecule has 1 amide bonds. The predicted molar refractivity (Wildman–Crippen MR) is 143 cm³/mol.